The van der Waals surface area contributed by atoms with Crippen LogP contribution in [0.15, 0.2) is 48.5 Å². The Morgan fingerprint density at radius 2 is 1.72 bits per heavy atom. The molecule has 1 saturated heterocycles. The van der Waals surface area contributed by atoms with Crippen LogP contribution in [0.5, 0.6) is 0 Å². The van der Waals surface area contributed by atoms with Gasteiger partial charge in [-0.1, -0.05) is 53.6 Å². The molecule has 1 heterocycles. The Bertz CT molecular complexity index is 956. The number of rotatable bonds is 6. The van der Waals surface area contributed by atoms with Crippen LogP contribution in [0.3, 0.4) is 0 Å². The quantitative estimate of drug-likeness (QED) is 0.621. The number of para-hydroxylation sites is 1. The van der Waals surface area contributed by atoms with Gasteiger partial charge in [0.2, 0.25) is 11.8 Å². The van der Waals surface area contributed by atoms with Crippen molar-refractivity contribution in [3.63, 3.8) is 0 Å². The summed E-state index contributed by atoms with van der Waals surface area (Å²) < 4.78 is 0. The molecule has 3 rings (SSSR count). The van der Waals surface area contributed by atoms with E-state index < -0.39 is 6.04 Å². The van der Waals surface area contributed by atoms with Gasteiger partial charge in [-0.3, -0.25) is 9.59 Å². The van der Waals surface area contributed by atoms with E-state index in [0.29, 0.717) is 43.1 Å². The predicted molar refractivity (Wildman–Crippen MR) is 126 cm³/mol. The van der Waals surface area contributed by atoms with Crippen molar-refractivity contribution in [1.82, 2.24) is 15.5 Å². The molecule has 1 aliphatic rings. The molecule has 0 saturated carbocycles. The summed E-state index contributed by atoms with van der Waals surface area (Å²) in [6.45, 7) is 4.45. The van der Waals surface area contributed by atoms with Crippen molar-refractivity contribution >= 4 is 35.1 Å². The molecule has 0 radical (unpaired) electrons. The predicted octanol–water partition coefficient (Wildman–Crippen LogP) is 3.51. The summed E-state index contributed by atoms with van der Waals surface area (Å²) in [5.41, 5.74) is 2.69. The molecule has 3 N–H and O–H groups in total. The summed E-state index contributed by atoms with van der Waals surface area (Å²) in [6, 6.07) is 14.1. The summed E-state index contributed by atoms with van der Waals surface area (Å²) >= 11 is 6.11. The van der Waals surface area contributed by atoms with Gasteiger partial charge in [0.05, 0.1) is 10.7 Å². The van der Waals surface area contributed by atoms with E-state index in [0.717, 1.165) is 11.1 Å². The zero-order valence-corrected chi connectivity index (χ0v) is 19.1. The van der Waals surface area contributed by atoms with Gasteiger partial charge in [0, 0.05) is 32.5 Å². The molecular formula is C24H29ClN4O3. The van der Waals surface area contributed by atoms with Crippen molar-refractivity contribution in [1.29, 1.82) is 0 Å². The second kappa shape index (κ2) is 11.0. The zero-order chi connectivity index (χ0) is 23.1. The van der Waals surface area contributed by atoms with Gasteiger partial charge in [0.25, 0.3) is 0 Å². The molecule has 0 unspecified atom stereocenters. The van der Waals surface area contributed by atoms with Gasteiger partial charge < -0.3 is 20.9 Å². The third-order valence-corrected chi connectivity index (χ3v) is 5.83. The van der Waals surface area contributed by atoms with Crippen LogP contribution in [0.25, 0.3) is 0 Å². The number of aryl methyl sites for hydroxylation is 1. The lowest BCUT2D eigenvalue weighted by Gasteiger charge is -2.33. The number of amides is 4. The molecule has 170 valence electrons. The first kappa shape index (κ1) is 23.6. The van der Waals surface area contributed by atoms with Crippen molar-refractivity contribution in [2.24, 2.45) is 0 Å². The number of nitrogens with one attached hydrogen (secondary N) is 3. The Morgan fingerprint density at radius 1 is 1.06 bits per heavy atom. The lowest BCUT2D eigenvalue weighted by atomic mass is 10.0. The molecule has 4 amide bonds. The molecule has 1 atom stereocenters. The largest absolute Gasteiger partial charge is 0.351 e. The van der Waals surface area contributed by atoms with Gasteiger partial charge in [-0.05, 0) is 37.5 Å². The summed E-state index contributed by atoms with van der Waals surface area (Å²) in [5.74, 6) is -0.455. The highest BCUT2D eigenvalue weighted by Gasteiger charge is 2.27. The van der Waals surface area contributed by atoms with Gasteiger partial charge in [-0.15, -0.1) is 0 Å². The Hall–Kier alpha value is -3.06. The van der Waals surface area contributed by atoms with Crippen LogP contribution >= 0.6 is 11.6 Å². The maximum absolute atomic E-state index is 12.9. The Kier molecular flexibility index (Phi) is 8.11. The number of urea groups is 1. The fourth-order valence-electron chi connectivity index (χ4n) is 3.70. The minimum absolute atomic E-state index is 0.0545. The number of carbonyl (C=O) groups excluding carboxylic acids is 3. The van der Waals surface area contributed by atoms with Gasteiger partial charge in [-0.2, -0.15) is 0 Å². The zero-order valence-electron chi connectivity index (χ0n) is 18.4. The van der Waals surface area contributed by atoms with Crippen molar-refractivity contribution < 1.29 is 14.4 Å². The average Bonchev–Trinajstić information content (AvgIpc) is 2.76. The number of hydrogen-bond donors (Lipinski definition) is 3. The normalized spacial score (nSPS) is 15.0. The summed E-state index contributed by atoms with van der Waals surface area (Å²) in [7, 11) is 0. The SMILES string of the molecule is CC(=O)N[C@H](Cc1ccc(C)cc1)C(=O)NC1CCN(C(=O)Nc2ccccc2Cl)CC1. The van der Waals surface area contributed by atoms with Crippen molar-refractivity contribution in [3.05, 3.63) is 64.7 Å². The van der Waals surface area contributed by atoms with E-state index in [1.165, 1.54) is 6.92 Å². The molecule has 2 aromatic carbocycles. The van der Waals surface area contributed by atoms with Crippen molar-refractivity contribution in [2.45, 2.75) is 45.2 Å². The van der Waals surface area contributed by atoms with Crippen molar-refractivity contribution in [2.75, 3.05) is 18.4 Å². The molecule has 0 spiro atoms. The van der Waals surface area contributed by atoms with Crippen LogP contribution in [0.4, 0.5) is 10.5 Å². The highest BCUT2D eigenvalue weighted by Crippen LogP contribution is 2.21. The van der Waals surface area contributed by atoms with Crippen LogP contribution in [0.2, 0.25) is 5.02 Å². The van der Waals surface area contributed by atoms with E-state index in [-0.39, 0.29) is 23.9 Å². The summed E-state index contributed by atoms with van der Waals surface area (Å²) in [5, 5.41) is 9.11. The molecule has 1 aliphatic heterocycles. The number of carbonyl (C=O) groups is 3. The fraction of sp³-hybridized carbons (Fsp3) is 0.375. The lowest BCUT2D eigenvalue weighted by molar-refractivity contribution is -0.128. The second-order valence-corrected chi connectivity index (χ2v) is 8.53. The van der Waals surface area contributed by atoms with Crippen molar-refractivity contribution in [3.8, 4) is 0 Å². The van der Waals surface area contributed by atoms with E-state index in [1.54, 1.807) is 23.1 Å². The van der Waals surface area contributed by atoms with Gasteiger partial charge in [-0.25, -0.2) is 4.79 Å². The van der Waals surface area contributed by atoms with E-state index >= 15 is 0 Å². The van der Waals surface area contributed by atoms with Crippen LogP contribution in [0.1, 0.15) is 30.9 Å². The molecule has 1 fully saturated rings. The fourth-order valence-corrected chi connectivity index (χ4v) is 3.88. The first-order valence-corrected chi connectivity index (χ1v) is 11.1. The molecule has 0 bridgehead atoms. The number of likely N-dealkylation sites (tertiary alicyclic amines) is 1. The van der Waals surface area contributed by atoms with Gasteiger partial charge in [0.1, 0.15) is 6.04 Å². The molecular weight excluding hydrogens is 428 g/mol. The minimum atomic E-state index is -0.642. The standard InChI is InChI=1S/C24H29ClN4O3/c1-16-7-9-18(10-8-16)15-22(26-17(2)30)23(31)27-19-11-13-29(14-12-19)24(32)28-21-6-4-3-5-20(21)25/h3-10,19,22H,11-15H2,1-2H3,(H,26,30)(H,27,31)(H,28,32)/t22-/m1/s1. The Morgan fingerprint density at radius 3 is 2.34 bits per heavy atom. The molecule has 0 aliphatic carbocycles. The average molecular weight is 457 g/mol. The number of halogens is 1. The van der Waals surface area contributed by atoms with E-state index in [2.05, 4.69) is 16.0 Å². The number of nitrogens with zero attached hydrogens (tertiary/aromatic N) is 1. The summed E-state index contributed by atoms with van der Waals surface area (Å²) in [6.07, 6.45) is 1.70. The third-order valence-electron chi connectivity index (χ3n) is 5.50. The topological polar surface area (TPSA) is 90.5 Å². The van der Waals surface area contributed by atoms with Crippen LogP contribution in [-0.4, -0.2) is 47.9 Å². The third kappa shape index (κ3) is 6.72. The smallest absolute Gasteiger partial charge is 0.321 e. The lowest BCUT2D eigenvalue weighted by Crippen LogP contribution is -2.53. The molecule has 32 heavy (non-hydrogen) atoms. The highest BCUT2D eigenvalue weighted by molar-refractivity contribution is 6.33. The van der Waals surface area contributed by atoms with Crippen LogP contribution in [0, 0.1) is 6.92 Å². The van der Waals surface area contributed by atoms with Gasteiger partial charge in [0.15, 0.2) is 0 Å². The monoisotopic (exact) mass is 456 g/mol. The van der Waals surface area contributed by atoms with E-state index in [4.69, 9.17) is 11.6 Å². The van der Waals surface area contributed by atoms with Crippen LogP contribution < -0.4 is 16.0 Å². The maximum Gasteiger partial charge on any atom is 0.321 e. The summed E-state index contributed by atoms with van der Waals surface area (Å²) in [4.78, 5) is 38.8. The van der Waals surface area contributed by atoms with E-state index in [1.807, 2.05) is 37.3 Å². The van der Waals surface area contributed by atoms with Gasteiger partial charge >= 0.3 is 6.03 Å². The second-order valence-electron chi connectivity index (χ2n) is 8.12. The number of anilines is 1. The highest BCUT2D eigenvalue weighted by atomic mass is 35.5. The Balaban J connectivity index is 1.52. The number of hydrogen-bond acceptors (Lipinski definition) is 3. The van der Waals surface area contributed by atoms with Crippen LogP contribution in [-0.2, 0) is 16.0 Å². The van der Waals surface area contributed by atoms with E-state index in [9.17, 15) is 14.4 Å². The number of benzene rings is 2. The maximum atomic E-state index is 12.9. The Labute approximate surface area is 193 Å². The molecule has 8 heteroatoms. The molecule has 7 nitrogen and oxygen atoms in total. The molecule has 2 aromatic rings. The first-order valence-electron chi connectivity index (χ1n) is 10.8. The minimum Gasteiger partial charge on any atom is -0.351 e. The first-order chi connectivity index (χ1) is 15.3. The number of piperidine rings is 1. The molecule has 0 aromatic heterocycles.